The number of pyridine rings is 1. The molecule has 2 amide bonds. The van der Waals surface area contributed by atoms with Crippen molar-refractivity contribution in [2.24, 2.45) is 11.8 Å². The third-order valence-electron chi connectivity index (χ3n) is 3.98. The van der Waals surface area contributed by atoms with Gasteiger partial charge in [-0.1, -0.05) is 19.9 Å². The number of nitrogens with zero attached hydrogens (tertiary/aromatic N) is 4. The lowest BCUT2D eigenvalue weighted by atomic mass is 10.1. The van der Waals surface area contributed by atoms with E-state index < -0.39 is 0 Å². The minimum absolute atomic E-state index is 0.0618. The fourth-order valence-corrected chi connectivity index (χ4v) is 2.89. The second-order valence-corrected chi connectivity index (χ2v) is 6.36. The van der Waals surface area contributed by atoms with Crippen molar-refractivity contribution < 1.29 is 9.59 Å². The van der Waals surface area contributed by atoms with E-state index in [0.29, 0.717) is 37.8 Å². The van der Waals surface area contributed by atoms with Crippen LogP contribution in [0.25, 0.3) is 5.65 Å². The number of fused-ring (bicyclic) bond motifs is 1. The van der Waals surface area contributed by atoms with Crippen LogP contribution in [-0.4, -0.2) is 44.4 Å². The van der Waals surface area contributed by atoms with Crippen molar-refractivity contribution in [2.45, 2.75) is 26.8 Å². The Morgan fingerprint density at radius 3 is 3.00 bits per heavy atom. The molecular weight excluding hydrogens is 294 g/mol. The molecule has 2 aromatic heterocycles. The molecule has 1 unspecified atom stereocenters. The molecule has 1 atom stereocenters. The summed E-state index contributed by atoms with van der Waals surface area (Å²) in [5.41, 5.74) is 0.746. The van der Waals surface area contributed by atoms with Crippen molar-refractivity contribution >= 4 is 17.5 Å². The van der Waals surface area contributed by atoms with Crippen LogP contribution in [0.4, 0.5) is 0 Å². The third kappa shape index (κ3) is 3.33. The fraction of sp³-hybridized carbons (Fsp3) is 0.500. The summed E-state index contributed by atoms with van der Waals surface area (Å²) in [4.78, 5) is 26.0. The maximum Gasteiger partial charge on any atom is 0.225 e. The average molecular weight is 315 g/mol. The zero-order chi connectivity index (χ0) is 16.4. The Morgan fingerprint density at radius 2 is 2.22 bits per heavy atom. The molecule has 23 heavy (non-hydrogen) atoms. The van der Waals surface area contributed by atoms with Gasteiger partial charge in [-0.3, -0.25) is 14.0 Å². The Bertz CT molecular complexity index is 724. The van der Waals surface area contributed by atoms with Gasteiger partial charge in [0, 0.05) is 25.7 Å². The second kappa shape index (κ2) is 6.36. The topological polar surface area (TPSA) is 79.6 Å². The number of hydrogen-bond acceptors (Lipinski definition) is 4. The first kappa shape index (κ1) is 15.5. The Morgan fingerprint density at radius 1 is 1.39 bits per heavy atom. The van der Waals surface area contributed by atoms with Gasteiger partial charge in [-0.05, 0) is 18.1 Å². The van der Waals surface area contributed by atoms with Gasteiger partial charge < -0.3 is 10.2 Å². The van der Waals surface area contributed by atoms with Crippen molar-refractivity contribution in [2.75, 3.05) is 13.1 Å². The lowest BCUT2D eigenvalue weighted by Crippen LogP contribution is -2.34. The summed E-state index contributed by atoms with van der Waals surface area (Å²) in [7, 11) is 0. The molecule has 0 radical (unpaired) electrons. The summed E-state index contributed by atoms with van der Waals surface area (Å²) >= 11 is 0. The Hall–Kier alpha value is -2.44. The molecule has 0 aliphatic carbocycles. The standard InChI is InChI=1S/C16H21N5O2/c1-11(2)9-20-10-12(7-15(20)22)16(23)17-8-14-19-18-13-5-3-4-6-21(13)14/h3-6,11-12H,7-10H2,1-2H3,(H,17,23). The molecule has 1 aliphatic heterocycles. The molecule has 1 aliphatic rings. The number of aromatic nitrogens is 3. The number of amides is 2. The van der Waals surface area contributed by atoms with Gasteiger partial charge >= 0.3 is 0 Å². The number of rotatable bonds is 5. The van der Waals surface area contributed by atoms with E-state index in [1.807, 2.05) is 28.8 Å². The molecule has 2 aromatic rings. The predicted molar refractivity (Wildman–Crippen MR) is 84.4 cm³/mol. The quantitative estimate of drug-likeness (QED) is 0.887. The number of likely N-dealkylation sites (tertiary alicyclic amines) is 1. The molecule has 1 N–H and O–H groups in total. The first-order valence-electron chi connectivity index (χ1n) is 7.88. The lowest BCUT2D eigenvalue weighted by Gasteiger charge is -2.18. The smallest absolute Gasteiger partial charge is 0.225 e. The van der Waals surface area contributed by atoms with Gasteiger partial charge in [-0.25, -0.2) is 0 Å². The van der Waals surface area contributed by atoms with Crippen LogP contribution in [0.5, 0.6) is 0 Å². The van der Waals surface area contributed by atoms with E-state index in [9.17, 15) is 9.59 Å². The highest BCUT2D eigenvalue weighted by Gasteiger charge is 2.34. The van der Waals surface area contributed by atoms with Crippen LogP contribution in [0.2, 0.25) is 0 Å². The van der Waals surface area contributed by atoms with Crippen LogP contribution in [-0.2, 0) is 16.1 Å². The Labute approximate surface area is 134 Å². The SMILES string of the molecule is CC(C)CN1CC(C(=O)NCc2nnc3ccccn23)CC1=O. The van der Waals surface area contributed by atoms with Crippen LogP contribution in [0.1, 0.15) is 26.1 Å². The number of hydrogen-bond donors (Lipinski definition) is 1. The highest BCUT2D eigenvalue weighted by molar-refractivity contribution is 5.89. The number of carbonyl (C=O) groups is 2. The molecule has 0 bridgehead atoms. The highest BCUT2D eigenvalue weighted by atomic mass is 16.2. The van der Waals surface area contributed by atoms with Gasteiger partial charge in [0.1, 0.15) is 0 Å². The summed E-state index contributed by atoms with van der Waals surface area (Å²) < 4.78 is 1.84. The lowest BCUT2D eigenvalue weighted by molar-refractivity contribution is -0.129. The molecule has 0 saturated carbocycles. The van der Waals surface area contributed by atoms with E-state index in [1.165, 1.54) is 0 Å². The first-order valence-corrected chi connectivity index (χ1v) is 7.88. The molecule has 0 aromatic carbocycles. The van der Waals surface area contributed by atoms with Gasteiger partial charge in [-0.2, -0.15) is 0 Å². The molecule has 122 valence electrons. The molecule has 7 heteroatoms. The molecule has 3 heterocycles. The van der Waals surface area contributed by atoms with Gasteiger partial charge in [0.2, 0.25) is 11.8 Å². The highest BCUT2D eigenvalue weighted by Crippen LogP contribution is 2.19. The van der Waals surface area contributed by atoms with Crippen LogP contribution in [0, 0.1) is 11.8 Å². The first-order chi connectivity index (χ1) is 11.0. The van der Waals surface area contributed by atoms with Crippen molar-refractivity contribution in [3.05, 3.63) is 30.2 Å². The van der Waals surface area contributed by atoms with E-state index in [2.05, 4.69) is 29.4 Å². The summed E-state index contributed by atoms with van der Waals surface area (Å²) in [5, 5.41) is 11.0. The molecular formula is C16H21N5O2. The van der Waals surface area contributed by atoms with E-state index in [4.69, 9.17) is 0 Å². The van der Waals surface area contributed by atoms with Crippen molar-refractivity contribution in [3.8, 4) is 0 Å². The molecule has 1 fully saturated rings. The van der Waals surface area contributed by atoms with Crippen LogP contribution in [0.15, 0.2) is 24.4 Å². The van der Waals surface area contributed by atoms with Crippen LogP contribution in [0.3, 0.4) is 0 Å². The third-order valence-corrected chi connectivity index (χ3v) is 3.98. The van der Waals surface area contributed by atoms with Gasteiger partial charge in [0.05, 0.1) is 12.5 Å². The maximum atomic E-state index is 12.3. The minimum Gasteiger partial charge on any atom is -0.348 e. The fourth-order valence-electron chi connectivity index (χ4n) is 2.89. The van der Waals surface area contributed by atoms with E-state index in [-0.39, 0.29) is 17.7 Å². The zero-order valence-electron chi connectivity index (χ0n) is 13.4. The average Bonchev–Trinajstić information content (AvgIpc) is 3.09. The van der Waals surface area contributed by atoms with E-state index in [1.54, 1.807) is 4.90 Å². The Balaban J connectivity index is 1.59. The van der Waals surface area contributed by atoms with E-state index >= 15 is 0 Å². The van der Waals surface area contributed by atoms with Gasteiger partial charge in [-0.15, -0.1) is 10.2 Å². The zero-order valence-corrected chi connectivity index (χ0v) is 13.4. The number of carbonyl (C=O) groups excluding carboxylic acids is 2. The largest absolute Gasteiger partial charge is 0.348 e. The van der Waals surface area contributed by atoms with Crippen LogP contribution < -0.4 is 5.32 Å². The summed E-state index contributed by atoms with van der Waals surface area (Å²) in [5.74, 6) is 0.768. The van der Waals surface area contributed by atoms with Gasteiger partial charge in [0.15, 0.2) is 11.5 Å². The van der Waals surface area contributed by atoms with Crippen molar-refractivity contribution in [3.63, 3.8) is 0 Å². The minimum atomic E-state index is -0.277. The molecule has 7 nitrogen and oxygen atoms in total. The predicted octanol–water partition coefficient (Wildman–Crippen LogP) is 0.850. The Kier molecular flexibility index (Phi) is 4.27. The summed E-state index contributed by atoms with van der Waals surface area (Å²) in [6.07, 6.45) is 2.15. The van der Waals surface area contributed by atoms with Crippen LogP contribution >= 0.6 is 0 Å². The molecule has 3 rings (SSSR count). The van der Waals surface area contributed by atoms with Gasteiger partial charge in [0.25, 0.3) is 0 Å². The monoisotopic (exact) mass is 315 g/mol. The summed E-state index contributed by atoms with van der Waals surface area (Å²) in [6, 6.07) is 5.64. The summed E-state index contributed by atoms with van der Waals surface area (Å²) in [6.45, 7) is 5.65. The molecule has 0 spiro atoms. The second-order valence-electron chi connectivity index (χ2n) is 6.36. The van der Waals surface area contributed by atoms with Crippen molar-refractivity contribution in [1.29, 1.82) is 0 Å². The maximum absolute atomic E-state index is 12.3. The number of nitrogens with one attached hydrogen (secondary N) is 1. The molecule has 1 saturated heterocycles. The normalized spacial score (nSPS) is 18.1. The van der Waals surface area contributed by atoms with Crippen molar-refractivity contribution in [1.82, 2.24) is 24.8 Å². The van der Waals surface area contributed by atoms with E-state index in [0.717, 1.165) is 5.65 Å².